The van der Waals surface area contributed by atoms with E-state index in [1.54, 1.807) is 0 Å². The predicted octanol–water partition coefficient (Wildman–Crippen LogP) is 2.95. The fraction of sp³-hybridized carbons (Fsp3) is 0.500. The van der Waals surface area contributed by atoms with E-state index >= 15 is 0 Å². The van der Waals surface area contributed by atoms with Gasteiger partial charge in [-0.15, -0.1) is 0 Å². The third-order valence-electron chi connectivity index (χ3n) is 2.62. The van der Waals surface area contributed by atoms with Gasteiger partial charge in [0.1, 0.15) is 0 Å². The lowest BCUT2D eigenvalue weighted by molar-refractivity contribution is -0.203. The topological polar surface area (TPSA) is 18.5 Å². The lowest BCUT2D eigenvalue weighted by Gasteiger charge is -2.27. The summed E-state index contributed by atoms with van der Waals surface area (Å²) in [5.41, 5.74) is 0.417. The van der Waals surface area contributed by atoms with Crippen LogP contribution in [0.15, 0.2) is 12.1 Å². The van der Waals surface area contributed by atoms with Crippen molar-refractivity contribution in [2.75, 3.05) is 13.2 Å². The van der Waals surface area contributed by atoms with Crippen molar-refractivity contribution in [1.82, 2.24) is 0 Å². The fourth-order valence-electron chi connectivity index (χ4n) is 1.62. The molecule has 2 rings (SSSR count). The van der Waals surface area contributed by atoms with Crippen molar-refractivity contribution in [2.45, 2.75) is 20.1 Å². The minimum absolute atomic E-state index is 0.134. The van der Waals surface area contributed by atoms with Gasteiger partial charge >= 0.3 is 0 Å². The van der Waals surface area contributed by atoms with Crippen LogP contribution in [0, 0.1) is 24.5 Å². The third kappa shape index (κ3) is 2.08. The highest BCUT2D eigenvalue weighted by molar-refractivity contribution is 5.26. The molecule has 0 spiro atoms. The number of hydrogen-bond acceptors (Lipinski definition) is 2. The lowest BCUT2D eigenvalue weighted by atomic mass is 10.1. The average molecular weight is 228 g/mol. The quantitative estimate of drug-likeness (QED) is 0.735. The van der Waals surface area contributed by atoms with Crippen molar-refractivity contribution in [2.24, 2.45) is 5.92 Å². The van der Waals surface area contributed by atoms with Crippen LogP contribution in [0.25, 0.3) is 0 Å². The lowest BCUT2D eigenvalue weighted by Crippen LogP contribution is -2.25. The molecule has 0 aromatic heterocycles. The molecule has 0 unspecified atom stereocenters. The molecule has 1 aromatic rings. The minimum Gasteiger partial charge on any atom is -0.348 e. The summed E-state index contributed by atoms with van der Waals surface area (Å²) in [5, 5.41) is 0. The summed E-state index contributed by atoms with van der Waals surface area (Å²) in [4.78, 5) is 0. The van der Waals surface area contributed by atoms with E-state index in [9.17, 15) is 8.78 Å². The maximum Gasteiger partial charge on any atom is 0.186 e. The molecule has 4 heteroatoms. The first-order valence-electron chi connectivity index (χ1n) is 5.27. The number of halogens is 2. The molecule has 1 fully saturated rings. The summed E-state index contributed by atoms with van der Waals surface area (Å²) in [6, 6.07) is 3.03. The molecule has 1 aliphatic rings. The number of hydrogen-bond donors (Lipinski definition) is 0. The normalized spacial score (nSPS) is 25.8. The number of rotatable bonds is 1. The first-order valence-corrected chi connectivity index (χ1v) is 5.27. The third-order valence-corrected chi connectivity index (χ3v) is 2.62. The summed E-state index contributed by atoms with van der Waals surface area (Å²) in [6.45, 7) is 4.49. The highest BCUT2D eigenvalue weighted by Crippen LogP contribution is 2.28. The molecule has 1 aliphatic heterocycles. The molecule has 88 valence electrons. The van der Waals surface area contributed by atoms with E-state index < -0.39 is 17.9 Å². The van der Waals surface area contributed by atoms with Gasteiger partial charge in [-0.05, 0) is 12.5 Å². The summed E-state index contributed by atoms with van der Waals surface area (Å²) in [6.07, 6.45) is -0.786. The molecule has 0 bridgehead atoms. The molecule has 0 N–H and O–H groups in total. The van der Waals surface area contributed by atoms with Crippen molar-refractivity contribution in [3.63, 3.8) is 0 Å². The van der Waals surface area contributed by atoms with Crippen LogP contribution in [0.3, 0.4) is 0 Å². The maximum absolute atomic E-state index is 13.6. The first kappa shape index (κ1) is 11.5. The standard InChI is InChI=1S/C12H14F2O2/c1-7-5-15-12(16-6-7)9-4-3-8(2)10(13)11(9)14/h3-4,7,12H,5-6H2,1-2H3. The smallest absolute Gasteiger partial charge is 0.186 e. The molecule has 0 aliphatic carbocycles. The van der Waals surface area contributed by atoms with E-state index in [-0.39, 0.29) is 17.0 Å². The highest BCUT2D eigenvalue weighted by atomic mass is 19.2. The van der Waals surface area contributed by atoms with Crippen LogP contribution >= 0.6 is 0 Å². The van der Waals surface area contributed by atoms with E-state index in [0.29, 0.717) is 13.2 Å². The van der Waals surface area contributed by atoms with Gasteiger partial charge < -0.3 is 9.47 Å². The Hall–Kier alpha value is -1.00. The number of ether oxygens (including phenoxy) is 2. The maximum atomic E-state index is 13.6. The van der Waals surface area contributed by atoms with E-state index in [4.69, 9.17) is 9.47 Å². The minimum atomic E-state index is -0.875. The van der Waals surface area contributed by atoms with Crippen LogP contribution in [0.5, 0.6) is 0 Å². The van der Waals surface area contributed by atoms with Crippen molar-refractivity contribution in [3.05, 3.63) is 34.9 Å². The second kappa shape index (κ2) is 4.47. The molecule has 1 aromatic carbocycles. The van der Waals surface area contributed by atoms with Gasteiger partial charge in [0.15, 0.2) is 17.9 Å². The number of benzene rings is 1. The van der Waals surface area contributed by atoms with E-state index in [0.717, 1.165) is 0 Å². The van der Waals surface area contributed by atoms with Crippen molar-refractivity contribution in [3.8, 4) is 0 Å². The second-order valence-electron chi connectivity index (χ2n) is 4.20. The van der Waals surface area contributed by atoms with Crippen LogP contribution < -0.4 is 0 Å². The van der Waals surface area contributed by atoms with Crippen molar-refractivity contribution in [1.29, 1.82) is 0 Å². The van der Waals surface area contributed by atoms with Crippen LogP contribution in [0.2, 0.25) is 0 Å². The van der Waals surface area contributed by atoms with Gasteiger partial charge in [-0.25, -0.2) is 8.78 Å². The molecule has 0 radical (unpaired) electrons. The Bertz CT molecular complexity index is 385. The molecule has 0 saturated carbocycles. The predicted molar refractivity (Wildman–Crippen MR) is 54.9 cm³/mol. The van der Waals surface area contributed by atoms with E-state index in [2.05, 4.69) is 0 Å². The van der Waals surface area contributed by atoms with Crippen molar-refractivity contribution >= 4 is 0 Å². The summed E-state index contributed by atoms with van der Waals surface area (Å²) in [5.74, 6) is -1.42. The zero-order chi connectivity index (χ0) is 11.7. The monoisotopic (exact) mass is 228 g/mol. The Labute approximate surface area is 93.2 Å². The molecule has 0 atom stereocenters. The van der Waals surface area contributed by atoms with Crippen LogP contribution in [-0.4, -0.2) is 13.2 Å². The molecular formula is C12H14F2O2. The summed E-state index contributed by atoms with van der Waals surface area (Å²) in [7, 11) is 0. The largest absolute Gasteiger partial charge is 0.348 e. The Morgan fingerprint density at radius 3 is 2.38 bits per heavy atom. The highest BCUT2D eigenvalue weighted by Gasteiger charge is 2.25. The zero-order valence-corrected chi connectivity index (χ0v) is 9.30. The Kier molecular flexibility index (Phi) is 3.21. The fourth-order valence-corrected chi connectivity index (χ4v) is 1.62. The SMILES string of the molecule is Cc1ccc(C2OCC(C)CO2)c(F)c1F. The van der Waals surface area contributed by atoms with Gasteiger partial charge in [0.25, 0.3) is 0 Å². The Morgan fingerprint density at radius 1 is 1.12 bits per heavy atom. The van der Waals surface area contributed by atoms with E-state index in [1.807, 2.05) is 6.92 Å². The van der Waals surface area contributed by atoms with E-state index in [1.165, 1.54) is 19.1 Å². The molecule has 1 heterocycles. The van der Waals surface area contributed by atoms with Crippen LogP contribution in [-0.2, 0) is 9.47 Å². The van der Waals surface area contributed by atoms with Gasteiger partial charge in [-0.2, -0.15) is 0 Å². The van der Waals surface area contributed by atoms with Crippen LogP contribution in [0.1, 0.15) is 24.3 Å². The summed E-state index contributed by atoms with van der Waals surface area (Å²) >= 11 is 0. The summed E-state index contributed by atoms with van der Waals surface area (Å²) < 4.78 is 37.6. The molecular weight excluding hydrogens is 214 g/mol. The first-order chi connectivity index (χ1) is 7.59. The van der Waals surface area contributed by atoms with Gasteiger partial charge in [0, 0.05) is 11.5 Å². The second-order valence-corrected chi connectivity index (χ2v) is 4.20. The molecule has 0 amide bonds. The van der Waals surface area contributed by atoms with Gasteiger partial charge in [-0.1, -0.05) is 19.1 Å². The average Bonchev–Trinajstić information content (AvgIpc) is 2.28. The van der Waals surface area contributed by atoms with Gasteiger partial charge in [0.2, 0.25) is 0 Å². The zero-order valence-electron chi connectivity index (χ0n) is 9.30. The van der Waals surface area contributed by atoms with Gasteiger partial charge in [0.05, 0.1) is 13.2 Å². The molecule has 1 saturated heterocycles. The Balaban J connectivity index is 2.24. The van der Waals surface area contributed by atoms with Gasteiger partial charge in [-0.3, -0.25) is 0 Å². The molecule has 2 nitrogen and oxygen atoms in total. The molecule has 16 heavy (non-hydrogen) atoms. The van der Waals surface area contributed by atoms with Crippen LogP contribution in [0.4, 0.5) is 8.78 Å². The van der Waals surface area contributed by atoms with Crippen molar-refractivity contribution < 1.29 is 18.3 Å². The Morgan fingerprint density at radius 2 is 1.75 bits per heavy atom. The number of aryl methyl sites for hydroxylation is 1.